The quantitative estimate of drug-likeness (QED) is 0.869. The van der Waals surface area contributed by atoms with Crippen LogP contribution in [0.3, 0.4) is 0 Å². The van der Waals surface area contributed by atoms with E-state index in [4.69, 9.17) is 0 Å². The molecule has 0 radical (unpaired) electrons. The minimum Gasteiger partial charge on any atom is -0.337 e. The second-order valence-electron chi connectivity index (χ2n) is 5.47. The first-order valence-electron chi connectivity index (χ1n) is 6.91. The number of imidazole rings is 1. The van der Waals surface area contributed by atoms with Crippen LogP contribution in [-0.4, -0.2) is 15.6 Å². The number of hydrogen-bond acceptors (Lipinski definition) is 2. The van der Waals surface area contributed by atoms with E-state index in [1.54, 1.807) is 0 Å². The number of hydrogen-bond donors (Lipinski definition) is 1. The van der Waals surface area contributed by atoms with Gasteiger partial charge in [0, 0.05) is 25.5 Å². The van der Waals surface area contributed by atoms with Gasteiger partial charge in [-0.1, -0.05) is 19.3 Å². The highest BCUT2D eigenvalue weighted by molar-refractivity contribution is 4.98. The van der Waals surface area contributed by atoms with Crippen LogP contribution in [0, 0.1) is 5.92 Å². The molecule has 2 unspecified atom stereocenters. The van der Waals surface area contributed by atoms with Gasteiger partial charge in [-0.25, -0.2) is 4.98 Å². The van der Waals surface area contributed by atoms with E-state index in [9.17, 15) is 0 Å². The van der Waals surface area contributed by atoms with Crippen molar-refractivity contribution in [2.45, 2.75) is 58.0 Å². The maximum absolute atomic E-state index is 4.41. The fourth-order valence-electron chi connectivity index (χ4n) is 3.03. The Balaban J connectivity index is 1.89. The number of rotatable bonds is 4. The van der Waals surface area contributed by atoms with Crippen LogP contribution in [0.4, 0.5) is 0 Å². The molecular weight excluding hydrogens is 210 g/mol. The SMILES string of the molecule is CC(NC(C)C1CCCCC1)c1nccn1C. The van der Waals surface area contributed by atoms with Crippen LogP contribution in [0.25, 0.3) is 0 Å². The Labute approximate surface area is 105 Å². The molecule has 0 saturated heterocycles. The summed E-state index contributed by atoms with van der Waals surface area (Å²) in [6, 6.07) is 0.939. The highest BCUT2D eigenvalue weighted by Gasteiger charge is 2.22. The summed E-state index contributed by atoms with van der Waals surface area (Å²) in [6.07, 6.45) is 10.9. The van der Waals surface area contributed by atoms with Crippen molar-refractivity contribution in [2.24, 2.45) is 13.0 Å². The number of aryl methyl sites for hydroxylation is 1. The summed E-state index contributed by atoms with van der Waals surface area (Å²) in [5.41, 5.74) is 0. The minimum atomic E-state index is 0.340. The average molecular weight is 235 g/mol. The van der Waals surface area contributed by atoms with Crippen molar-refractivity contribution in [1.29, 1.82) is 0 Å². The van der Waals surface area contributed by atoms with Crippen LogP contribution in [0.1, 0.15) is 57.8 Å². The topological polar surface area (TPSA) is 29.9 Å². The standard InChI is InChI=1S/C14H25N3/c1-11(13-7-5-4-6-8-13)16-12(2)14-15-9-10-17(14)3/h9-13,16H,4-8H2,1-3H3. The molecule has 1 fully saturated rings. The van der Waals surface area contributed by atoms with Gasteiger partial charge in [0.2, 0.25) is 0 Å². The molecule has 3 heteroatoms. The molecule has 96 valence electrons. The van der Waals surface area contributed by atoms with E-state index in [0.717, 1.165) is 11.7 Å². The van der Waals surface area contributed by atoms with Crippen LogP contribution >= 0.6 is 0 Å². The lowest BCUT2D eigenvalue weighted by Gasteiger charge is -2.30. The molecule has 2 rings (SSSR count). The number of nitrogens with zero attached hydrogens (tertiary/aromatic N) is 2. The number of nitrogens with one attached hydrogen (secondary N) is 1. The van der Waals surface area contributed by atoms with Gasteiger partial charge >= 0.3 is 0 Å². The van der Waals surface area contributed by atoms with Crippen molar-refractivity contribution in [3.63, 3.8) is 0 Å². The fraction of sp³-hybridized carbons (Fsp3) is 0.786. The zero-order chi connectivity index (χ0) is 12.3. The predicted molar refractivity (Wildman–Crippen MR) is 70.8 cm³/mol. The molecule has 17 heavy (non-hydrogen) atoms. The van der Waals surface area contributed by atoms with Crippen molar-refractivity contribution < 1.29 is 0 Å². The molecule has 0 aromatic carbocycles. The van der Waals surface area contributed by atoms with E-state index >= 15 is 0 Å². The molecule has 1 aliphatic rings. The zero-order valence-electron chi connectivity index (χ0n) is 11.3. The first kappa shape index (κ1) is 12.6. The van der Waals surface area contributed by atoms with E-state index in [1.807, 2.05) is 12.4 Å². The van der Waals surface area contributed by atoms with E-state index in [2.05, 4.69) is 35.8 Å². The highest BCUT2D eigenvalue weighted by atomic mass is 15.1. The molecule has 0 bridgehead atoms. The van der Waals surface area contributed by atoms with Gasteiger partial charge in [-0.2, -0.15) is 0 Å². The van der Waals surface area contributed by atoms with Gasteiger partial charge in [0.25, 0.3) is 0 Å². The summed E-state index contributed by atoms with van der Waals surface area (Å²) in [7, 11) is 2.06. The Bertz CT molecular complexity index is 339. The molecule has 1 aliphatic carbocycles. The van der Waals surface area contributed by atoms with Crippen LogP contribution in [0.5, 0.6) is 0 Å². The van der Waals surface area contributed by atoms with Gasteiger partial charge in [0.15, 0.2) is 0 Å². The largest absolute Gasteiger partial charge is 0.337 e. The maximum atomic E-state index is 4.41. The lowest BCUT2D eigenvalue weighted by atomic mass is 9.84. The molecule has 1 aromatic rings. The van der Waals surface area contributed by atoms with Crippen molar-refractivity contribution in [1.82, 2.24) is 14.9 Å². The van der Waals surface area contributed by atoms with Crippen LogP contribution in [0.2, 0.25) is 0 Å². The third kappa shape index (κ3) is 3.09. The monoisotopic (exact) mass is 235 g/mol. The third-order valence-electron chi connectivity index (χ3n) is 4.12. The molecule has 1 heterocycles. The van der Waals surface area contributed by atoms with Gasteiger partial charge in [-0.05, 0) is 32.6 Å². The summed E-state index contributed by atoms with van der Waals surface area (Å²) in [4.78, 5) is 4.41. The Morgan fingerprint density at radius 2 is 2.00 bits per heavy atom. The Morgan fingerprint density at radius 3 is 2.59 bits per heavy atom. The Hall–Kier alpha value is -0.830. The summed E-state index contributed by atoms with van der Waals surface area (Å²) < 4.78 is 2.10. The number of aromatic nitrogens is 2. The van der Waals surface area contributed by atoms with E-state index in [1.165, 1.54) is 32.1 Å². The maximum Gasteiger partial charge on any atom is 0.125 e. The lowest BCUT2D eigenvalue weighted by molar-refractivity contribution is 0.265. The van der Waals surface area contributed by atoms with Gasteiger partial charge < -0.3 is 9.88 Å². The van der Waals surface area contributed by atoms with Gasteiger partial charge in [-0.3, -0.25) is 0 Å². The van der Waals surface area contributed by atoms with Gasteiger partial charge in [0.1, 0.15) is 5.82 Å². The zero-order valence-corrected chi connectivity index (χ0v) is 11.3. The molecule has 1 aromatic heterocycles. The van der Waals surface area contributed by atoms with Gasteiger partial charge in [-0.15, -0.1) is 0 Å². The van der Waals surface area contributed by atoms with Crippen LogP contribution < -0.4 is 5.32 Å². The minimum absolute atomic E-state index is 0.340. The van der Waals surface area contributed by atoms with E-state index in [0.29, 0.717) is 12.1 Å². The average Bonchev–Trinajstić information content (AvgIpc) is 2.76. The van der Waals surface area contributed by atoms with Crippen molar-refractivity contribution in [2.75, 3.05) is 0 Å². The Morgan fingerprint density at radius 1 is 1.29 bits per heavy atom. The Kier molecular flexibility index (Phi) is 4.21. The van der Waals surface area contributed by atoms with Crippen molar-refractivity contribution >= 4 is 0 Å². The highest BCUT2D eigenvalue weighted by Crippen LogP contribution is 2.27. The molecular formula is C14H25N3. The molecule has 0 amide bonds. The van der Waals surface area contributed by atoms with E-state index in [-0.39, 0.29) is 0 Å². The summed E-state index contributed by atoms with van der Waals surface area (Å²) >= 11 is 0. The second kappa shape index (κ2) is 5.67. The summed E-state index contributed by atoms with van der Waals surface area (Å²) in [5.74, 6) is 1.99. The van der Waals surface area contributed by atoms with Crippen molar-refractivity contribution in [3.8, 4) is 0 Å². The first-order chi connectivity index (χ1) is 8.18. The molecule has 1 N–H and O–H groups in total. The van der Waals surface area contributed by atoms with Gasteiger partial charge in [0.05, 0.1) is 6.04 Å². The normalized spacial score (nSPS) is 21.4. The molecule has 0 aliphatic heterocycles. The fourth-order valence-corrected chi connectivity index (χ4v) is 3.03. The van der Waals surface area contributed by atoms with E-state index < -0.39 is 0 Å². The third-order valence-corrected chi connectivity index (χ3v) is 4.12. The first-order valence-corrected chi connectivity index (χ1v) is 6.91. The molecule has 0 spiro atoms. The molecule has 3 nitrogen and oxygen atoms in total. The second-order valence-corrected chi connectivity index (χ2v) is 5.47. The summed E-state index contributed by atoms with van der Waals surface area (Å²) in [5, 5.41) is 3.71. The molecule has 1 saturated carbocycles. The van der Waals surface area contributed by atoms with Crippen LogP contribution in [0.15, 0.2) is 12.4 Å². The summed E-state index contributed by atoms with van der Waals surface area (Å²) in [6.45, 7) is 4.54. The molecule has 2 atom stereocenters. The lowest BCUT2D eigenvalue weighted by Crippen LogP contribution is -2.37. The van der Waals surface area contributed by atoms with Crippen molar-refractivity contribution in [3.05, 3.63) is 18.2 Å². The predicted octanol–water partition coefficient (Wildman–Crippen LogP) is 3.04. The van der Waals surface area contributed by atoms with Crippen LogP contribution in [-0.2, 0) is 7.05 Å². The smallest absolute Gasteiger partial charge is 0.125 e.